The third-order valence-corrected chi connectivity index (χ3v) is 8.11. The summed E-state index contributed by atoms with van der Waals surface area (Å²) in [6.45, 7) is 0. The van der Waals surface area contributed by atoms with Crippen LogP contribution in [0.25, 0.3) is 87.2 Å². The van der Waals surface area contributed by atoms with E-state index in [0.29, 0.717) is 11.1 Å². The van der Waals surface area contributed by atoms with E-state index < -0.39 is 107 Å². The zero-order chi connectivity index (χ0) is 42.1. The first kappa shape index (κ1) is 14.2. The van der Waals surface area contributed by atoms with Crippen molar-refractivity contribution < 1.29 is 20.6 Å². The number of hydrogen-bond acceptors (Lipinski definition) is 0. The van der Waals surface area contributed by atoms with E-state index in [1.807, 2.05) is 60.7 Å². The Bertz CT molecular complexity index is 3310. The summed E-state index contributed by atoms with van der Waals surface area (Å²) in [5.74, 6) is 0. The molecule has 0 nitrogen and oxygen atoms in total. The van der Waals surface area contributed by atoms with Gasteiger partial charge in [-0.2, -0.15) is 0 Å². The Hall–Kier alpha value is -5.72. The van der Waals surface area contributed by atoms with E-state index in [1.165, 1.54) is 0 Å². The van der Waals surface area contributed by atoms with Gasteiger partial charge in [0.25, 0.3) is 0 Å². The van der Waals surface area contributed by atoms with E-state index in [0.717, 1.165) is 27.1 Å². The molecule has 0 aliphatic rings. The molecule has 0 radical (unpaired) electrons. The summed E-state index contributed by atoms with van der Waals surface area (Å²) in [6, 6.07) is 15.2. The fourth-order valence-corrected chi connectivity index (χ4v) is 6.21. The first-order valence-corrected chi connectivity index (χ1v) is 14.1. The molecule has 0 heteroatoms. The zero-order valence-corrected chi connectivity index (χ0v) is 23.0. The fraction of sp³-hybridized carbons (Fsp3) is 0. The molecule has 0 amide bonds. The van der Waals surface area contributed by atoms with Gasteiger partial charge in [-0.3, -0.25) is 0 Å². The Morgan fingerprint density at radius 3 is 1.64 bits per heavy atom. The second kappa shape index (κ2) is 9.93. The second-order valence-corrected chi connectivity index (χ2v) is 10.5. The Kier molecular flexibility index (Phi) is 3.20. The lowest BCUT2D eigenvalue weighted by Gasteiger charge is -2.19. The summed E-state index contributed by atoms with van der Waals surface area (Å²) in [5, 5.41) is 2.24. The van der Waals surface area contributed by atoms with Gasteiger partial charge in [0.05, 0.1) is 20.6 Å². The van der Waals surface area contributed by atoms with Crippen molar-refractivity contribution in [2.45, 2.75) is 0 Å². The average Bonchev–Trinajstić information content (AvgIpc) is 3.24. The SMILES string of the molecule is [2H]c1c([2H])c([2H])c2c([2H])c(-c3c4c([2H])c([2H])c([2H])c([2H])c4c(-c4cccc(-c5cc6ccccc6c6ccccc56)c4)c4c([2H])c([2H])c([2H])c([2H])c34)c([2H])c([2H])c2c1[2H]. The van der Waals surface area contributed by atoms with Crippen LogP contribution in [0, 0.1) is 0 Å². The lowest BCUT2D eigenvalue weighted by Crippen LogP contribution is -1.91. The fourth-order valence-electron chi connectivity index (χ4n) is 6.21. The summed E-state index contributed by atoms with van der Waals surface area (Å²) >= 11 is 0. The Balaban J connectivity index is 1.52. The topological polar surface area (TPSA) is 0 Å². The first-order chi connectivity index (χ1) is 28.1. The van der Waals surface area contributed by atoms with Crippen molar-refractivity contribution in [2.24, 2.45) is 0 Å². The molecule has 204 valence electrons. The van der Waals surface area contributed by atoms with Gasteiger partial charge < -0.3 is 0 Å². The van der Waals surface area contributed by atoms with Gasteiger partial charge in [-0.1, -0.05) is 151 Å². The molecule has 0 spiro atoms. The average molecular weight is 572 g/mol. The van der Waals surface area contributed by atoms with Gasteiger partial charge in [0.1, 0.15) is 0 Å². The molecule has 0 heterocycles. The molecule has 0 N–H and O–H groups in total. The molecule has 0 aliphatic heterocycles. The highest BCUT2D eigenvalue weighted by Gasteiger charge is 2.17. The van der Waals surface area contributed by atoms with E-state index in [4.69, 9.17) is 12.3 Å². The van der Waals surface area contributed by atoms with E-state index >= 15 is 0 Å². The van der Waals surface area contributed by atoms with Gasteiger partial charge in [0.2, 0.25) is 0 Å². The van der Waals surface area contributed by atoms with Crippen molar-refractivity contribution in [2.75, 3.05) is 0 Å². The molecule has 0 atom stereocenters. The minimum absolute atomic E-state index is 0.0524. The van der Waals surface area contributed by atoms with E-state index in [2.05, 4.69) is 0 Å². The van der Waals surface area contributed by atoms with Crippen LogP contribution in [0.5, 0.6) is 0 Å². The van der Waals surface area contributed by atoms with Crippen molar-refractivity contribution in [1.82, 2.24) is 0 Å². The Labute approximate surface area is 277 Å². The molecular weight excluding hydrogens is 528 g/mol. The van der Waals surface area contributed by atoms with Gasteiger partial charge in [-0.15, -0.1) is 0 Å². The molecule has 0 saturated heterocycles. The highest BCUT2D eigenvalue weighted by molar-refractivity contribution is 6.22. The summed E-state index contributed by atoms with van der Waals surface area (Å²) in [4.78, 5) is 0. The van der Waals surface area contributed by atoms with Gasteiger partial charge in [-0.25, -0.2) is 0 Å². The maximum atomic E-state index is 9.44. The van der Waals surface area contributed by atoms with E-state index in [9.17, 15) is 8.22 Å². The maximum absolute atomic E-state index is 9.44. The largest absolute Gasteiger partial charge is 0.0636 e. The van der Waals surface area contributed by atoms with Crippen molar-refractivity contribution in [1.29, 1.82) is 0 Å². The Morgan fingerprint density at radius 2 is 0.909 bits per heavy atom. The lowest BCUT2D eigenvalue weighted by molar-refractivity contribution is 1.64. The van der Waals surface area contributed by atoms with Crippen molar-refractivity contribution in [3.05, 3.63) is 169 Å². The number of hydrogen-bond donors (Lipinski definition) is 0. The maximum Gasteiger partial charge on any atom is 0.0636 e. The van der Waals surface area contributed by atoms with Crippen LogP contribution in [0.4, 0.5) is 0 Å². The zero-order valence-electron chi connectivity index (χ0n) is 38.0. The Morgan fingerprint density at radius 1 is 0.341 bits per heavy atom. The first-order valence-electron chi connectivity index (χ1n) is 21.6. The molecule has 44 heavy (non-hydrogen) atoms. The van der Waals surface area contributed by atoms with Gasteiger partial charge in [0, 0.05) is 0 Å². The summed E-state index contributed by atoms with van der Waals surface area (Å²) < 4.78 is 134. The molecule has 0 bridgehead atoms. The van der Waals surface area contributed by atoms with Crippen LogP contribution in [0.2, 0.25) is 0 Å². The highest BCUT2D eigenvalue weighted by atomic mass is 14.2. The molecule has 0 unspecified atom stereocenters. The minimum Gasteiger partial charge on any atom is -0.0616 e. The molecule has 0 saturated carbocycles. The van der Waals surface area contributed by atoms with Gasteiger partial charge in [-0.05, 0) is 105 Å². The quantitative estimate of drug-likeness (QED) is 0.146. The number of benzene rings is 9. The number of rotatable bonds is 3. The van der Waals surface area contributed by atoms with E-state index in [-0.39, 0.29) is 32.7 Å². The van der Waals surface area contributed by atoms with Crippen LogP contribution < -0.4 is 0 Å². The molecule has 9 aromatic rings. The van der Waals surface area contributed by atoms with E-state index in [1.54, 1.807) is 18.2 Å². The van der Waals surface area contributed by atoms with Crippen molar-refractivity contribution in [3.63, 3.8) is 0 Å². The predicted molar refractivity (Wildman–Crippen MR) is 190 cm³/mol. The lowest BCUT2D eigenvalue weighted by atomic mass is 9.84. The molecule has 0 fully saturated rings. The summed E-state index contributed by atoms with van der Waals surface area (Å²) in [7, 11) is 0. The van der Waals surface area contributed by atoms with Crippen LogP contribution in [0.15, 0.2) is 169 Å². The van der Waals surface area contributed by atoms with Crippen molar-refractivity contribution in [3.8, 4) is 33.4 Å². The monoisotopic (exact) mass is 571 g/mol. The summed E-state index contributed by atoms with van der Waals surface area (Å²) in [5.41, 5.74) is 1.11. The predicted octanol–water partition coefficient (Wildman–Crippen LogP) is 12.5. The third-order valence-electron chi connectivity index (χ3n) is 8.11. The van der Waals surface area contributed by atoms with Gasteiger partial charge >= 0.3 is 0 Å². The molecule has 0 aliphatic carbocycles. The molecular formula is C44H28. The second-order valence-electron chi connectivity index (χ2n) is 10.5. The minimum atomic E-state index is -0.729. The normalized spacial score (nSPS) is 16.4. The number of fused-ring (bicyclic) bond motifs is 6. The van der Waals surface area contributed by atoms with Crippen LogP contribution in [0.1, 0.15) is 20.6 Å². The van der Waals surface area contributed by atoms with Crippen LogP contribution in [0.3, 0.4) is 0 Å². The highest BCUT2D eigenvalue weighted by Crippen LogP contribution is 2.45. The van der Waals surface area contributed by atoms with Crippen LogP contribution in [-0.4, -0.2) is 0 Å². The summed E-state index contributed by atoms with van der Waals surface area (Å²) in [6.07, 6.45) is 0. The van der Waals surface area contributed by atoms with Crippen LogP contribution >= 0.6 is 0 Å². The van der Waals surface area contributed by atoms with Gasteiger partial charge in [0.15, 0.2) is 0 Å². The third kappa shape index (κ3) is 3.85. The molecule has 9 rings (SSSR count). The molecule has 9 aromatic carbocycles. The van der Waals surface area contributed by atoms with Crippen LogP contribution in [-0.2, 0) is 0 Å². The smallest absolute Gasteiger partial charge is 0.0616 e. The van der Waals surface area contributed by atoms with Crippen molar-refractivity contribution >= 4 is 53.9 Å². The standard InChI is InChI=1S/C44H28/c1-2-13-30-26-34(25-24-29(30)12-1)44-40-22-9-7-20-38(40)43(39-21-8-10-23-41(39)44)33-16-11-15-31(27-33)42-28-32-14-3-4-17-35(32)36-18-5-6-19-37(36)42/h1-28H/i1D,2D,7D,8D,9D,10D,12D,13D,20D,21D,22D,23D,24D,25D,26D. The molecule has 0 aromatic heterocycles.